The predicted molar refractivity (Wildman–Crippen MR) is 83.2 cm³/mol. The molecule has 0 bridgehead atoms. The van der Waals surface area contributed by atoms with Gasteiger partial charge in [-0.25, -0.2) is 4.68 Å². The summed E-state index contributed by atoms with van der Waals surface area (Å²) in [6.07, 6.45) is 0.703. The number of methoxy groups -OCH3 is 2. The van der Waals surface area contributed by atoms with Gasteiger partial charge in [-0.3, -0.25) is 4.79 Å². The van der Waals surface area contributed by atoms with Crippen LogP contribution in [-0.2, 0) is 0 Å². The summed E-state index contributed by atoms with van der Waals surface area (Å²) in [5.41, 5.74) is 1.63. The van der Waals surface area contributed by atoms with Crippen LogP contribution in [-0.4, -0.2) is 35.5 Å². The van der Waals surface area contributed by atoms with Crippen molar-refractivity contribution in [3.05, 3.63) is 41.4 Å². The molecule has 2 heterocycles. The number of hydrogen-bond donors (Lipinski definition) is 0. The Balaban J connectivity index is 2.21. The van der Waals surface area contributed by atoms with Crippen LogP contribution >= 0.6 is 11.3 Å². The minimum Gasteiger partial charge on any atom is -0.497 e. The number of carbonyl (C=O) groups is 1. The highest BCUT2D eigenvalue weighted by Gasteiger charge is 2.19. The number of aromatic nitrogens is 3. The van der Waals surface area contributed by atoms with E-state index in [1.54, 1.807) is 31.0 Å². The topological polar surface area (TPSA) is 66.2 Å². The molecule has 0 fully saturated rings. The van der Waals surface area contributed by atoms with Crippen molar-refractivity contribution in [1.82, 2.24) is 15.0 Å². The Morgan fingerprint density at radius 2 is 2.09 bits per heavy atom. The van der Waals surface area contributed by atoms with E-state index in [1.807, 2.05) is 23.6 Å². The number of thiophene rings is 1. The molecule has 3 aromatic rings. The largest absolute Gasteiger partial charge is 0.497 e. The van der Waals surface area contributed by atoms with Crippen LogP contribution in [0.4, 0.5) is 0 Å². The molecule has 0 atom stereocenters. The quantitative estimate of drug-likeness (QED) is 0.677. The number of carbonyl (C=O) groups excluding carboxylic acids is 1. The average molecular weight is 315 g/mol. The standard InChI is InChI=1S/C15H13N3O3S/c1-20-10-5-6-12(13(8-10)21-2)18-15(11(9-19)16-17-18)14-4-3-7-22-14/h3-9H,1-2H3. The first-order chi connectivity index (χ1) is 10.8. The van der Waals surface area contributed by atoms with Crippen molar-refractivity contribution in [3.63, 3.8) is 0 Å². The summed E-state index contributed by atoms with van der Waals surface area (Å²) in [5, 5.41) is 9.99. The van der Waals surface area contributed by atoms with Gasteiger partial charge >= 0.3 is 0 Å². The Morgan fingerprint density at radius 1 is 1.23 bits per heavy atom. The molecular formula is C15H13N3O3S. The SMILES string of the molecule is COc1ccc(-n2nnc(C=O)c2-c2cccs2)c(OC)c1. The number of rotatable bonds is 5. The monoisotopic (exact) mass is 315 g/mol. The smallest absolute Gasteiger partial charge is 0.172 e. The van der Waals surface area contributed by atoms with Crippen LogP contribution in [0.15, 0.2) is 35.7 Å². The molecule has 112 valence electrons. The van der Waals surface area contributed by atoms with E-state index in [4.69, 9.17) is 9.47 Å². The zero-order chi connectivity index (χ0) is 15.5. The molecule has 0 saturated heterocycles. The summed E-state index contributed by atoms with van der Waals surface area (Å²) in [6.45, 7) is 0. The first kappa shape index (κ1) is 14.3. The summed E-state index contributed by atoms with van der Waals surface area (Å²) in [6, 6.07) is 9.21. The molecule has 22 heavy (non-hydrogen) atoms. The van der Waals surface area contributed by atoms with E-state index >= 15 is 0 Å². The van der Waals surface area contributed by atoms with Crippen molar-refractivity contribution in [2.45, 2.75) is 0 Å². The Kier molecular flexibility index (Phi) is 3.88. The first-order valence-electron chi connectivity index (χ1n) is 6.45. The van der Waals surface area contributed by atoms with Gasteiger partial charge in [0.2, 0.25) is 0 Å². The number of aldehydes is 1. The molecule has 1 aromatic carbocycles. The molecule has 3 rings (SSSR count). The third kappa shape index (κ3) is 2.35. The van der Waals surface area contributed by atoms with Gasteiger partial charge in [0.25, 0.3) is 0 Å². The van der Waals surface area contributed by atoms with E-state index in [9.17, 15) is 4.79 Å². The van der Waals surface area contributed by atoms with E-state index < -0.39 is 0 Å². The molecule has 0 saturated carbocycles. The lowest BCUT2D eigenvalue weighted by Gasteiger charge is -2.11. The molecule has 0 unspecified atom stereocenters. The summed E-state index contributed by atoms with van der Waals surface area (Å²) in [5.74, 6) is 1.26. The summed E-state index contributed by atoms with van der Waals surface area (Å²) >= 11 is 1.51. The van der Waals surface area contributed by atoms with Gasteiger partial charge < -0.3 is 9.47 Å². The second-order valence-corrected chi connectivity index (χ2v) is 5.32. The normalized spacial score (nSPS) is 10.5. The molecule has 7 heteroatoms. The van der Waals surface area contributed by atoms with Gasteiger partial charge in [-0.2, -0.15) is 0 Å². The van der Waals surface area contributed by atoms with Crippen LogP contribution in [0.1, 0.15) is 10.5 Å². The maximum absolute atomic E-state index is 11.3. The van der Waals surface area contributed by atoms with Gasteiger partial charge in [-0.15, -0.1) is 16.4 Å². The zero-order valence-electron chi connectivity index (χ0n) is 12.0. The molecule has 0 amide bonds. The third-order valence-electron chi connectivity index (χ3n) is 3.18. The molecule has 0 aliphatic rings. The number of hydrogen-bond acceptors (Lipinski definition) is 6. The summed E-state index contributed by atoms with van der Waals surface area (Å²) in [4.78, 5) is 12.2. The van der Waals surface area contributed by atoms with Crippen molar-refractivity contribution in [3.8, 4) is 27.8 Å². The van der Waals surface area contributed by atoms with Gasteiger partial charge in [0.15, 0.2) is 12.0 Å². The van der Waals surface area contributed by atoms with Crippen LogP contribution in [0.2, 0.25) is 0 Å². The van der Waals surface area contributed by atoms with Crippen molar-refractivity contribution >= 4 is 17.6 Å². The average Bonchev–Trinajstić information content (AvgIpc) is 3.22. The maximum atomic E-state index is 11.3. The van der Waals surface area contributed by atoms with Crippen LogP contribution < -0.4 is 9.47 Å². The molecule has 2 aromatic heterocycles. The van der Waals surface area contributed by atoms with Crippen LogP contribution in [0.25, 0.3) is 16.3 Å². The predicted octanol–water partition coefficient (Wildman–Crippen LogP) is 2.83. The van der Waals surface area contributed by atoms with Gasteiger partial charge in [0.1, 0.15) is 22.9 Å². The van der Waals surface area contributed by atoms with Gasteiger partial charge in [-0.05, 0) is 23.6 Å². The fraction of sp³-hybridized carbons (Fsp3) is 0.133. The van der Waals surface area contributed by atoms with Crippen LogP contribution in [0.3, 0.4) is 0 Å². The van der Waals surface area contributed by atoms with E-state index in [0.29, 0.717) is 34.9 Å². The Bertz CT molecular complexity index is 796. The molecule has 0 spiro atoms. The highest BCUT2D eigenvalue weighted by molar-refractivity contribution is 7.13. The van der Waals surface area contributed by atoms with Crippen molar-refractivity contribution in [1.29, 1.82) is 0 Å². The second kappa shape index (κ2) is 5.98. The number of nitrogens with zero attached hydrogens (tertiary/aromatic N) is 3. The van der Waals surface area contributed by atoms with E-state index in [0.717, 1.165) is 4.88 Å². The van der Waals surface area contributed by atoms with Crippen LogP contribution in [0, 0.1) is 0 Å². The maximum Gasteiger partial charge on any atom is 0.172 e. The Hall–Kier alpha value is -2.67. The van der Waals surface area contributed by atoms with Crippen molar-refractivity contribution in [2.75, 3.05) is 14.2 Å². The molecule has 0 N–H and O–H groups in total. The van der Waals surface area contributed by atoms with E-state index in [1.165, 1.54) is 11.3 Å². The number of benzene rings is 1. The Morgan fingerprint density at radius 3 is 2.73 bits per heavy atom. The lowest BCUT2D eigenvalue weighted by molar-refractivity contribution is 0.111. The van der Waals surface area contributed by atoms with E-state index in [-0.39, 0.29) is 0 Å². The van der Waals surface area contributed by atoms with Gasteiger partial charge in [0.05, 0.1) is 19.1 Å². The lowest BCUT2D eigenvalue weighted by Crippen LogP contribution is -2.02. The molecule has 0 radical (unpaired) electrons. The van der Waals surface area contributed by atoms with Gasteiger partial charge in [0, 0.05) is 6.07 Å². The second-order valence-electron chi connectivity index (χ2n) is 4.37. The van der Waals surface area contributed by atoms with Crippen molar-refractivity contribution < 1.29 is 14.3 Å². The highest BCUT2D eigenvalue weighted by Crippen LogP contribution is 2.33. The minimum atomic E-state index is 0.292. The summed E-state index contributed by atoms with van der Waals surface area (Å²) in [7, 11) is 3.16. The van der Waals surface area contributed by atoms with Crippen molar-refractivity contribution in [2.24, 2.45) is 0 Å². The molecule has 0 aliphatic heterocycles. The fourth-order valence-corrected chi connectivity index (χ4v) is 2.91. The lowest BCUT2D eigenvalue weighted by atomic mass is 10.2. The summed E-state index contributed by atoms with van der Waals surface area (Å²) < 4.78 is 12.2. The van der Waals surface area contributed by atoms with Gasteiger partial charge in [-0.1, -0.05) is 11.3 Å². The molecule has 6 nitrogen and oxygen atoms in total. The minimum absolute atomic E-state index is 0.292. The Labute approximate surface area is 130 Å². The van der Waals surface area contributed by atoms with Crippen LogP contribution in [0.5, 0.6) is 11.5 Å². The molecule has 0 aliphatic carbocycles. The third-order valence-corrected chi connectivity index (χ3v) is 4.05. The fourth-order valence-electron chi connectivity index (χ4n) is 2.15. The highest BCUT2D eigenvalue weighted by atomic mass is 32.1. The van der Waals surface area contributed by atoms with E-state index in [2.05, 4.69) is 10.3 Å². The molecular weight excluding hydrogens is 302 g/mol. The first-order valence-corrected chi connectivity index (χ1v) is 7.33. The number of ether oxygens (including phenoxy) is 2. The zero-order valence-corrected chi connectivity index (χ0v) is 12.8.